The second-order valence-electron chi connectivity index (χ2n) is 4.46. The van der Waals surface area contributed by atoms with Crippen molar-refractivity contribution < 1.29 is 4.74 Å². The highest BCUT2D eigenvalue weighted by Gasteiger charge is 2.01. The van der Waals surface area contributed by atoms with Crippen molar-refractivity contribution in [3.05, 3.63) is 50.1 Å². The minimum absolute atomic E-state index is 0.682. The van der Waals surface area contributed by atoms with Crippen LogP contribution in [0.3, 0.4) is 0 Å². The summed E-state index contributed by atoms with van der Waals surface area (Å²) in [4.78, 5) is 1.40. The van der Waals surface area contributed by atoms with Crippen LogP contribution >= 0.6 is 27.3 Å². The number of rotatable bonds is 6. The zero-order chi connectivity index (χ0) is 13.7. The van der Waals surface area contributed by atoms with Gasteiger partial charge < -0.3 is 10.1 Å². The van der Waals surface area contributed by atoms with Crippen LogP contribution in [0, 0.1) is 13.8 Å². The number of ether oxygens (including phenoxy) is 1. The number of thiophene rings is 1. The number of halogens is 1. The van der Waals surface area contributed by atoms with Crippen molar-refractivity contribution in [2.24, 2.45) is 0 Å². The molecule has 19 heavy (non-hydrogen) atoms. The molecule has 0 saturated carbocycles. The summed E-state index contributed by atoms with van der Waals surface area (Å²) in [5.41, 5.74) is 2.53. The molecule has 0 unspecified atom stereocenters. The first-order valence-electron chi connectivity index (χ1n) is 6.29. The molecule has 0 aliphatic heterocycles. The maximum Gasteiger partial charge on any atom is 0.123 e. The van der Waals surface area contributed by atoms with E-state index < -0.39 is 0 Å². The SMILES string of the molecule is Cc1ccc(Br)cc1OCCNCc1sccc1C. The average molecular weight is 340 g/mol. The zero-order valence-corrected chi connectivity index (χ0v) is 13.6. The topological polar surface area (TPSA) is 21.3 Å². The van der Waals surface area contributed by atoms with E-state index in [0.717, 1.165) is 28.9 Å². The largest absolute Gasteiger partial charge is 0.492 e. The molecule has 1 heterocycles. The third-order valence-electron chi connectivity index (χ3n) is 2.94. The van der Waals surface area contributed by atoms with E-state index in [9.17, 15) is 0 Å². The Kier molecular flexibility index (Phi) is 5.43. The summed E-state index contributed by atoms with van der Waals surface area (Å²) in [6, 6.07) is 8.25. The van der Waals surface area contributed by atoms with Crippen molar-refractivity contribution in [3.63, 3.8) is 0 Å². The van der Waals surface area contributed by atoms with Gasteiger partial charge in [-0.2, -0.15) is 0 Å². The van der Waals surface area contributed by atoms with Gasteiger partial charge in [0.1, 0.15) is 12.4 Å². The van der Waals surface area contributed by atoms with Gasteiger partial charge >= 0.3 is 0 Å². The Bertz CT molecular complexity index is 539. The Hall–Kier alpha value is -0.840. The molecular weight excluding hydrogens is 322 g/mol. The van der Waals surface area contributed by atoms with Crippen LogP contribution in [0.1, 0.15) is 16.0 Å². The van der Waals surface area contributed by atoms with Gasteiger partial charge in [0.15, 0.2) is 0 Å². The molecule has 1 N–H and O–H groups in total. The van der Waals surface area contributed by atoms with Crippen molar-refractivity contribution in [2.45, 2.75) is 20.4 Å². The number of hydrogen-bond acceptors (Lipinski definition) is 3. The Labute approximate surface area is 126 Å². The van der Waals surface area contributed by atoms with Gasteiger partial charge in [-0.05, 0) is 48.6 Å². The fraction of sp³-hybridized carbons (Fsp3) is 0.333. The lowest BCUT2D eigenvalue weighted by Crippen LogP contribution is -2.20. The summed E-state index contributed by atoms with van der Waals surface area (Å²) < 4.78 is 6.83. The molecular formula is C15H18BrNOS. The van der Waals surface area contributed by atoms with Crippen LogP contribution in [0.2, 0.25) is 0 Å². The summed E-state index contributed by atoms with van der Waals surface area (Å²) in [5, 5.41) is 5.54. The second kappa shape index (κ2) is 7.08. The summed E-state index contributed by atoms with van der Waals surface area (Å²) >= 11 is 5.26. The quantitative estimate of drug-likeness (QED) is 0.792. The van der Waals surface area contributed by atoms with Gasteiger partial charge in [-0.1, -0.05) is 22.0 Å². The maximum atomic E-state index is 5.78. The molecule has 0 bridgehead atoms. The van der Waals surface area contributed by atoms with Gasteiger partial charge in [0.25, 0.3) is 0 Å². The Morgan fingerprint density at radius 1 is 1.21 bits per heavy atom. The van der Waals surface area contributed by atoms with E-state index in [1.807, 2.05) is 12.1 Å². The molecule has 2 rings (SSSR count). The number of hydrogen-bond donors (Lipinski definition) is 1. The van der Waals surface area contributed by atoms with Crippen molar-refractivity contribution >= 4 is 27.3 Å². The molecule has 2 aromatic rings. The second-order valence-corrected chi connectivity index (χ2v) is 6.38. The summed E-state index contributed by atoms with van der Waals surface area (Å²) in [7, 11) is 0. The molecule has 102 valence electrons. The molecule has 0 amide bonds. The predicted octanol–water partition coefficient (Wildman–Crippen LogP) is 4.30. The molecule has 1 aromatic carbocycles. The molecule has 0 aliphatic rings. The van der Waals surface area contributed by atoms with Crippen LogP contribution in [0.15, 0.2) is 34.1 Å². The van der Waals surface area contributed by atoms with E-state index in [2.05, 4.69) is 52.6 Å². The Morgan fingerprint density at radius 2 is 2.05 bits per heavy atom. The third-order valence-corrected chi connectivity index (χ3v) is 4.46. The van der Waals surface area contributed by atoms with Crippen LogP contribution in [-0.2, 0) is 6.54 Å². The van der Waals surface area contributed by atoms with Gasteiger partial charge in [0, 0.05) is 22.4 Å². The normalized spacial score (nSPS) is 10.7. The van der Waals surface area contributed by atoms with Gasteiger partial charge in [0.2, 0.25) is 0 Å². The van der Waals surface area contributed by atoms with Crippen molar-refractivity contribution in [1.29, 1.82) is 0 Å². The Balaban J connectivity index is 1.72. The summed E-state index contributed by atoms with van der Waals surface area (Å²) in [6.07, 6.45) is 0. The lowest BCUT2D eigenvalue weighted by atomic mass is 10.2. The van der Waals surface area contributed by atoms with E-state index in [-0.39, 0.29) is 0 Å². The maximum absolute atomic E-state index is 5.78. The minimum Gasteiger partial charge on any atom is -0.492 e. The molecule has 0 atom stereocenters. The zero-order valence-electron chi connectivity index (χ0n) is 11.2. The molecule has 0 fully saturated rings. The van der Waals surface area contributed by atoms with E-state index in [1.165, 1.54) is 10.4 Å². The lowest BCUT2D eigenvalue weighted by molar-refractivity contribution is 0.311. The highest BCUT2D eigenvalue weighted by molar-refractivity contribution is 9.10. The first kappa shape index (κ1) is 14.6. The number of benzene rings is 1. The van der Waals surface area contributed by atoms with Crippen molar-refractivity contribution in [1.82, 2.24) is 5.32 Å². The van der Waals surface area contributed by atoms with E-state index in [4.69, 9.17) is 4.74 Å². The highest BCUT2D eigenvalue weighted by Crippen LogP contribution is 2.22. The lowest BCUT2D eigenvalue weighted by Gasteiger charge is -2.10. The molecule has 4 heteroatoms. The summed E-state index contributed by atoms with van der Waals surface area (Å²) in [5.74, 6) is 0.948. The van der Waals surface area contributed by atoms with Gasteiger partial charge in [0.05, 0.1) is 0 Å². The summed E-state index contributed by atoms with van der Waals surface area (Å²) in [6.45, 7) is 6.66. The molecule has 0 radical (unpaired) electrons. The van der Waals surface area contributed by atoms with Crippen LogP contribution in [0.5, 0.6) is 5.75 Å². The van der Waals surface area contributed by atoms with Gasteiger partial charge in [-0.3, -0.25) is 0 Å². The molecule has 2 nitrogen and oxygen atoms in total. The van der Waals surface area contributed by atoms with Gasteiger partial charge in [-0.15, -0.1) is 11.3 Å². The van der Waals surface area contributed by atoms with E-state index >= 15 is 0 Å². The smallest absolute Gasteiger partial charge is 0.123 e. The van der Waals surface area contributed by atoms with E-state index in [1.54, 1.807) is 11.3 Å². The first-order chi connectivity index (χ1) is 9.16. The fourth-order valence-corrected chi connectivity index (χ4v) is 2.97. The van der Waals surface area contributed by atoms with E-state index in [0.29, 0.717) is 6.61 Å². The van der Waals surface area contributed by atoms with Crippen molar-refractivity contribution in [2.75, 3.05) is 13.2 Å². The fourth-order valence-electron chi connectivity index (χ4n) is 1.75. The average Bonchev–Trinajstić information content (AvgIpc) is 2.79. The standard InChI is InChI=1S/C15H18BrNOS/c1-11-3-4-13(16)9-14(11)18-7-6-17-10-15-12(2)5-8-19-15/h3-5,8-9,17H,6-7,10H2,1-2H3. The first-order valence-corrected chi connectivity index (χ1v) is 7.96. The number of aryl methyl sites for hydroxylation is 2. The van der Waals surface area contributed by atoms with Crippen LogP contribution in [0.4, 0.5) is 0 Å². The van der Waals surface area contributed by atoms with Gasteiger partial charge in [-0.25, -0.2) is 0 Å². The molecule has 0 aliphatic carbocycles. The minimum atomic E-state index is 0.682. The van der Waals surface area contributed by atoms with Crippen LogP contribution in [-0.4, -0.2) is 13.2 Å². The predicted molar refractivity (Wildman–Crippen MR) is 85.1 cm³/mol. The Morgan fingerprint density at radius 3 is 2.79 bits per heavy atom. The van der Waals surface area contributed by atoms with Crippen molar-refractivity contribution in [3.8, 4) is 5.75 Å². The molecule has 1 aromatic heterocycles. The number of nitrogens with one attached hydrogen (secondary N) is 1. The van der Waals surface area contributed by atoms with Crippen LogP contribution in [0.25, 0.3) is 0 Å². The molecule has 0 spiro atoms. The highest BCUT2D eigenvalue weighted by atomic mass is 79.9. The third kappa shape index (κ3) is 4.34. The monoisotopic (exact) mass is 339 g/mol. The van der Waals surface area contributed by atoms with Crippen LogP contribution < -0.4 is 10.1 Å². The molecule has 0 saturated heterocycles.